The highest BCUT2D eigenvalue weighted by molar-refractivity contribution is 6.09. The van der Waals surface area contributed by atoms with Crippen LogP contribution in [0.5, 0.6) is 11.5 Å². The van der Waals surface area contributed by atoms with Crippen molar-refractivity contribution < 1.29 is 33.3 Å². The summed E-state index contributed by atoms with van der Waals surface area (Å²) >= 11 is 0. The molecule has 0 N–H and O–H groups in total. The van der Waals surface area contributed by atoms with E-state index >= 15 is 0 Å². The summed E-state index contributed by atoms with van der Waals surface area (Å²) in [5.74, 6) is 1.30. The minimum absolute atomic E-state index is 0.0128. The smallest absolute Gasteiger partial charge is 0.410 e. The number of amides is 2. The number of carbonyl (C=O) groups is 3. The Morgan fingerprint density at radius 1 is 0.625 bits per heavy atom. The van der Waals surface area contributed by atoms with Crippen LogP contribution in [0.3, 0.4) is 0 Å². The van der Waals surface area contributed by atoms with Gasteiger partial charge in [-0.25, -0.2) is 9.59 Å². The maximum Gasteiger partial charge on any atom is 0.410 e. The summed E-state index contributed by atoms with van der Waals surface area (Å²) in [4.78, 5) is 41.0. The van der Waals surface area contributed by atoms with Gasteiger partial charge < -0.3 is 18.9 Å². The molecule has 0 bridgehead atoms. The molecule has 6 rings (SSSR count). The molecule has 4 fully saturated rings. The average Bonchev–Trinajstić information content (AvgIpc) is 3.62. The summed E-state index contributed by atoms with van der Waals surface area (Å²) in [6.07, 6.45) is 7.14. The Balaban J connectivity index is 1.07. The average molecular weight is 549 g/mol. The Kier molecular flexibility index (Phi) is 7.80. The molecular formula is C31H36N2O7. The van der Waals surface area contributed by atoms with E-state index in [2.05, 4.69) is 0 Å². The Hall–Kier alpha value is -3.75. The summed E-state index contributed by atoms with van der Waals surface area (Å²) in [6, 6.07) is 14.5. The summed E-state index contributed by atoms with van der Waals surface area (Å²) in [5.41, 5.74) is 1.15. The molecule has 2 aromatic carbocycles. The molecule has 212 valence electrons. The van der Waals surface area contributed by atoms with Crippen molar-refractivity contribution in [3.8, 4) is 11.5 Å². The molecule has 9 nitrogen and oxygen atoms in total. The molecule has 2 aromatic rings. The summed E-state index contributed by atoms with van der Waals surface area (Å²) in [7, 11) is 0. The highest BCUT2D eigenvalue weighted by atomic mass is 16.6. The van der Waals surface area contributed by atoms with Gasteiger partial charge >= 0.3 is 12.2 Å². The largest absolute Gasteiger partial charge is 0.488 e. The van der Waals surface area contributed by atoms with E-state index in [4.69, 9.17) is 18.9 Å². The van der Waals surface area contributed by atoms with Crippen LogP contribution < -0.4 is 9.47 Å². The molecular weight excluding hydrogens is 512 g/mol. The third kappa shape index (κ3) is 5.60. The standard InChI is InChI=1S/C31H36N2O7/c34-29(21-9-13-23(14-10-21)39-27-7-3-1-5-25(27)32-17-19-37-30(32)35)22-11-15-24(16-12-22)40-28-8-4-2-6-26(28)33-18-20-38-31(33)36/h9-16,25-28H,1-8,17-20H2. The van der Waals surface area contributed by atoms with Crippen LogP contribution in [-0.4, -0.2) is 78.4 Å². The molecule has 2 amide bonds. The molecule has 2 saturated heterocycles. The Morgan fingerprint density at radius 3 is 1.40 bits per heavy atom. The number of nitrogens with zero attached hydrogens (tertiary/aromatic N) is 2. The predicted molar refractivity (Wildman–Crippen MR) is 146 cm³/mol. The van der Waals surface area contributed by atoms with Gasteiger partial charge in [0.05, 0.1) is 25.2 Å². The number of ketones is 1. The van der Waals surface area contributed by atoms with Crippen LogP contribution in [0.15, 0.2) is 48.5 Å². The Morgan fingerprint density at radius 2 is 1.02 bits per heavy atom. The van der Waals surface area contributed by atoms with Crippen LogP contribution in [-0.2, 0) is 9.47 Å². The van der Waals surface area contributed by atoms with Gasteiger partial charge in [0.2, 0.25) is 0 Å². The molecule has 0 aromatic heterocycles. The summed E-state index contributed by atoms with van der Waals surface area (Å²) in [6.45, 7) is 2.08. The quantitative estimate of drug-likeness (QED) is 0.419. The number of rotatable bonds is 8. The van der Waals surface area contributed by atoms with E-state index in [1.807, 2.05) is 24.3 Å². The highest BCUT2D eigenvalue weighted by Crippen LogP contribution is 2.31. The van der Waals surface area contributed by atoms with E-state index < -0.39 is 0 Å². The van der Waals surface area contributed by atoms with Crippen LogP contribution in [0, 0.1) is 0 Å². The lowest BCUT2D eigenvalue weighted by Crippen LogP contribution is -2.48. The topological polar surface area (TPSA) is 94.6 Å². The first-order valence-electron chi connectivity index (χ1n) is 14.5. The molecule has 4 unspecified atom stereocenters. The van der Waals surface area contributed by atoms with Gasteiger partial charge in [-0.05, 0) is 87.1 Å². The zero-order valence-corrected chi connectivity index (χ0v) is 22.7. The van der Waals surface area contributed by atoms with E-state index in [0.29, 0.717) is 48.9 Å². The van der Waals surface area contributed by atoms with Gasteiger partial charge in [-0.3, -0.25) is 14.6 Å². The highest BCUT2D eigenvalue weighted by Gasteiger charge is 2.39. The summed E-state index contributed by atoms with van der Waals surface area (Å²) < 4.78 is 22.9. The number of cyclic esters (lactones) is 2. The van der Waals surface area contributed by atoms with E-state index in [9.17, 15) is 14.4 Å². The van der Waals surface area contributed by atoms with E-state index in [1.54, 1.807) is 34.1 Å². The molecule has 9 heteroatoms. The third-order valence-corrected chi connectivity index (χ3v) is 8.53. The number of benzene rings is 2. The second kappa shape index (κ2) is 11.8. The fourth-order valence-electron chi connectivity index (χ4n) is 6.44. The summed E-state index contributed by atoms with van der Waals surface area (Å²) in [5, 5.41) is 0. The molecule has 2 heterocycles. The fourth-order valence-corrected chi connectivity index (χ4v) is 6.44. The van der Waals surface area contributed by atoms with Crippen molar-refractivity contribution in [1.29, 1.82) is 0 Å². The van der Waals surface area contributed by atoms with Crippen molar-refractivity contribution in [1.82, 2.24) is 9.80 Å². The fraction of sp³-hybridized carbons (Fsp3) is 0.516. The van der Waals surface area contributed by atoms with Crippen molar-refractivity contribution in [3.05, 3.63) is 59.7 Å². The molecule has 4 aliphatic rings. The first-order chi connectivity index (χ1) is 19.6. The van der Waals surface area contributed by atoms with Crippen LogP contribution >= 0.6 is 0 Å². The zero-order valence-electron chi connectivity index (χ0n) is 22.7. The molecule has 2 saturated carbocycles. The van der Waals surface area contributed by atoms with Crippen molar-refractivity contribution in [3.63, 3.8) is 0 Å². The van der Waals surface area contributed by atoms with Gasteiger partial charge in [0.25, 0.3) is 0 Å². The molecule has 0 radical (unpaired) electrons. The lowest BCUT2D eigenvalue weighted by molar-refractivity contribution is 0.0572. The SMILES string of the molecule is O=C(c1ccc(OC2CCCCC2N2CCOC2=O)cc1)c1ccc(OC2CCCCC2N2CCOC2=O)cc1. The molecule has 4 atom stereocenters. The maximum atomic E-state index is 13.2. The van der Waals surface area contributed by atoms with Gasteiger partial charge in [-0.1, -0.05) is 12.8 Å². The Bertz CT molecular complexity index is 1120. The maximum absolute atomic E-state index is 13.2. The third-order valence-electron chi connectivity index (χ3n) is 8.53. The van der Waals surface area contributed by atoms with Crippen LogP contribution in [0.25, 0.3) is 0 Å². The van der Waals surface area contributed by atoms with Gasteiger partial charge in [0.1, 0.15) is 36.9 Å². The number of hydrogen-bond acceptors (Lipinski definition) is 7. The van der Waals surface area contributed by atoms with E-state index in [0.717, 1.165) is 51.4 Å². The monoisotopic (exact) mass is 548 g/mol. The lowest BCUT2D eigenvalue weighted by atomic mass is 9.91. The molecule has 0 spiro atoms. The van der Waals surface area contributed by atoms with Gasteiger partial charge in [-0.2, -0.15) is 0 Å². The normalized spacial score (nSPS) is 26.8. The van der Waals surface area contributed by atoms with E-state index in [1.165, 1.54) is 0 Å². The zero-order chi connectivity index (χ0) is 27.5. The Labute approximate surface area is 234 Å². The van der Waals surface area contributed by atoms with Crippen molar-refractivity contribution in [2.45, 2.75) is 75.7 Å². The lowest BCUT2D eigenvalue weighted by Gasteiger charge is -2.36. The van der Waals surface area contributed by atoms with Gasteiger partial charge in [0, 0.05) is 11.1 Å². The minimum Gasteiger partial charge on any atom is -0.488 e. The first kappa shape index (κ1) is 26.5. The minimum atomic E-state index is -0.257. The first-order valence-corrected chi connectivity index (χ1v) is 14.5. The van der Waals surface area contributed by atoms with Crippen molar-refractivity contribution in [2.75, 3.05) is 26.3 Å². The van der Waals surface area contributed by atoms with Gasteiger partial charge in [-0.15, -0.1) is 0 Å². The number of hydrogen-bond donors (Lipinski definition) is 0. The van der Waals surface area contributed by atoms with Crippen molar-refractivity contribution >= 4 is 18.0 Å². The van der Waals surface area contributed by atoms with Crippen molar-refractivity contribution in [2.24, 2.45) is 0 Å². The number of ether oxygens (including phenoxy) is 4. The molecule has 40 heavy (non-hydrogen) atoms. The van der Waals surface area contributed by atoms with Crippen LogP contribution in [0.2, 0.25) is 0 Å². The predicted octanol–water partition coefficient (Wildman–Crippen LogP) is 5.20. The second-order valence-corrected chi connectivity index (χ2v) is 11.0. The van der Waals surface area contributed by atoms with Crippen LogP contribution in [0.4, 0.5) is 9.59 Å². The number of carbonyl (C=O) groups excluding carboxylic acids is 3. The van der Waals surface area contributed by atoms with Gasteiger partial charge in [0.15, 0.2) is 5.78 Å². The van der Waals surface area contributed by atoms with E-state index in [-0.39, 0.29) is 42.3 Å². The second-order valence-electron chi connectivity index (χ2n) is 11.0. The van der Waals surface area contributed by atoms with Crippen LogP contribution in [0.1, 0.15) is 67.3 Å². The molecule has 2 aliphatic heterocycles. The molecule has 2 aliphatic carbocycles.